The largest absolute Gasteiger partial charge is 0.493 e. The summed E-state index contributed by atoms with van der Waals surface area (Å²) in [6.07, 6.45) is 3.23. The molecule has 2 rings (SSSR count). The Labute approximate surface area is 147 Å². The maximum Gasteiger partial charge on any atom is 0.226 e. The Morgan fingerprint density at radius 3 is 2.96 bits per heavy atom. The van der Waals surface area contributed by atoms with E-state index in [1.807, 2.05) is 25.1 Å². The van der Waals surface area contributed by atoms with Crippen LogP contribution < -0.4 is 14.8 Å². The number of aromatic nitrogens is 2. The van der Waals surface area contributed by atoms with E-state index in [-0.39, 0.29) is 5.91 Å². The van der Waals surface area contributed by atoms with Gasteiger partial charge in [-0.2, -0.15) is 4.98 Å². The van der Waals surface area contributed by atoms with Crippen LogP contribution in [0.5, 0.6) is 11.5 Å². The van der Waals surface area contributed by atoms with Crippen molar-refractivity contribution in [3.05, 3.63) is 36.7 Å². The zero-order valence-corrected chi connectivity index (χ0v) is 14.6. The lowest BCUT2D eigenvalue weighted by molar-refractivity contribution is -0.120. The highest BCUT2D eigenvalue weighted by Crippen LogP contribution is 2.31. The Morgan fingerprint density at radius 2 is 2.24 bits per heavy atom. The monoisotopic (exact) mass is 345 g/mol. The third-order valence-electron chi connectivity index (χ3n) is 3.43. The Bertz CT molecular complexity index is 712. The Morgan fingerprint density at radius 1 is 1.40 bits per heavy atom. The topological polar surface area (TPSA) is 86.5 Å². The van der Waals surface area contributed by atoms with Gasteiger partial charge in [-0.15, -0.1) is 6.58 Å². The molecule has 0 fully saturated rings. The van der Waals surface area contributed by atoms with E-state index in [1.165, 1.54) is 0 Å². The van der Waals surface area contributed by atoms with Gasteiger partial charge in [0.2, 0.25) is 17.6 Å². The molecule has 1 aromatic carbocycles. The van der Waals surface area contributed by atoms with Crippen molar-refractivity contribution in [1.29, 1.82) is 0 Å². The van der Waals surface area contributed by atoms with E-state index in [9.17, 15) is 4.79 Å². The van der Waals surface area contributed by atoms with Gasteiger partial charge in [0.15, 0.2) is 11.5 Å². The molecule has 0 spiro atoms. The minimum absolute atomic E-state index is 0.0177. The number of carbonyl (C=O) groups is 1. The summed E-state index contributed by atoms with van der Waals surface area (Å²) >= 11 is 0. The number of amides is 1. The second-order valence-corrected chi connectivity index (χ2v) is 5.26. The van der Waals surface area contributed by atoms with Crippen molar-refractivity contribution in [3.63, 3.8) is 0 Å². The molecule has 0 aliphatic rings. The first kappa shape index (κ1) is 18.5. The van der Waals surface area contributed by atoms with Crippen LogP contribution in [0.2, 0.25) is 0 Å². The highest BCUT2D eigenvalue weighted by molar-refractivity contribution is 5.75. The molecule has 2 aromatic rings. The summed E-state index contributed by atoms with van der Waals surface area (Å²) in [4.78, 5) is 15.9. The fraction of sp³-hybridized carbons (Fsp3) is 0.389. The first-order chi connectivity index (χ1) is 12.2. The number of hydrogen-bond donors (Lipinski definition) is 1. The molecule has 1 amide bonds. The number of aryl methyl sites for hydroxylation is 1. The predicted octanol–water partition coefficient (Wildman–Crippen LogP) is 2.77. The van der Waals surface area contributed by atoms with E-state index in [1.54, 1.807) is 13.2 Å². The third-order valence-corrected chi connectivity index (χ3v) is 3.43. The summed E-state index contributed by atoms with van der Waals surface area (Å²) in [5.41, 5.74) is 0.777. The van der Waals surface area contributed by atoms with Gasteiger partial charge in [-0.3, -0.25) is 4.79 Å². The summed E-state index contributed by atoms with van der Waals surface area (Å²) in [6, 6.07) is 5.48. The van der Waals surface area contributed by atoms with E-state index in [0.717, 1.165) is 5.56 Å². The second-order valence-electron chi connectivity index (χ2n) is 5.26. The zero-order chi connectivity index (χ0) is 18.1. The Balaban J connectivity index is 1.96. The van der Waals surface area contributed by atoms with Crippen molar-refractivity contribution in [2.45, 2.75) is 26.2 Å². The van der Waals surface area contributed by atoms with Crippen LogP contribution in [-0.4, -0.2) is 36.3 Å². The molecule has 7 heteroatoms. The van der Waals surface area contributed by atoms with Crippen LogP contribution in [0.3, 0.4) is 0 Å². The first-order valence-electron chi connectivity index (χ1n) is 8.19. The zero-order valence-electron chi connectivity index (χ0n) is 14.6. The number of rotatable bonds is 10. The molecular weight excluding hydrogens is 322 g/mol. The van der Waals surface area contributed by atoms with Gasteiger partial charge in [-0.1, -0.05) is 11.2 Å². The quantitative estimate of drug-likeness (QED) is 0.666. The second kappa shape index (κ2) is 9.46. The summed E-state index contributed by atoms with van der Waals surface area (Å²) in [5.74, 6) is 2.25. The van der Waals surface area contributed by atoms with Crippen molar-refractivity contribution in [2.75, 3.05) is 20.3 Å². The summed E-state index contributed by atoms with van der Waals surface area (Å²) in [6.45, 7) is 6.50. The summed E-state index contributed by atoms with van der Waals surface area (Å²) < 4.78 is 16.1. The molecule has 0 radical (unpaired) electrons. The van der Waals surface area contributed by atoms with Gasteiger partial charge < -0.3 is 19.3 Å². The molecule has 0 aliphatic heterocycles. The number of benzene rings is 1. The van der Waals surface area contributed by atoms with Crippen LogP contribution in [0, 0.1) is 0 Å². The lowest BCUT2D eigenvalue weighted by atomic mass is 10.2. The molecular formula is C18H23N3O4. The van der Waals surface area contributed by atoms with Crippen LogP contribution in [0.1, 0.15) is 25.7 Å². The Hall–Kier alpha value is -2.83. The van der Waals surface area contributed by atoms with Gasteiger partial charge in [-0.25, -0.2) is 0 Å². The molecule has 1 heterocycles. The minimum atomic E-state index is -0.0177. The van der Waals surface area contributed by atoms with E-state index in [2.05, 4.69) is 22.0 Å². The van der Waals surface area contributed by atoms with Crippen LogP contribution in [0.15, 0.2) is 35.4 Å². The molecule has 0 aliphatic carbocycles. The molecule has 1 N–H and O–H groups in total. The van der Waals surface area contributed by atoms with Crippen LogP contribution >= 0.6 is 0 Å². The smallest absolute Gasteiger partial charge is 0.226 e. The van der Waals surface area contributed by atoms with Gasteiger partial charge >= 0.3 is 0 Å². The molecule has 1 aromatic heterocycles. The van der Waals surface area contributed by atoms with Crippen LogP contribution in [-0.2, 0) is 11.2 Å². The van der Waals surface area contributed by atoms with Crippen LogP contribution in [0.4, 0.5) is 0 Å². The molecule has 0 atom stereocenters. The minimum Gasteiger partial charge on any atom is -0.493 e. The van der Waals surface area contributed by atoms with Crippen molar-refractivity contribution in [1.82, 2.24) is 15.5 Å². The SMILES string of the molecule is C=CCNC(=O)CCCc1nc(-c2ccc(OCC)c(OC)c2)no1. The van der Waals surface area contributed by atoms with Crippen molar-refractivity contribution in [3.8, 4) is 22.9 Å². The predicted molar refractivity (Wildman–Crippen MR) is 93.6 cm³/mol. The van der Waals surface area contributed by atoms with E-state index >= 15 is 0 Å². The van der Waals surface area contributed by atoms with Crippen molar-refractivity contribution < 1.29 is 18.8 Å². The highest BCUT2D eigenvalue weighted by atomic mass is 16.5. The fourth-order valence-electron chi connectivity index (χ4n) is 2.23. The molecule has 0 saturated carbocycles. The van der Waals surface area contributed by atoms with Gasteiger partial charge in [-0.05, 0) is 31.5 Å². The van der Waals surface area contributed by atoms with Gasteiger partial charge in [0, 0.05) is 24.9 Å². The number of hydrogen-bond acceptors (Lipinski definition) is 6. The standard InChI is InChI=1S/C18H23N3O4/c1-4-11-19-16(22)7-6-8-17-20-18(21-25-17)13-9-10-14(24-5-2)15(12-13)23-3/h4,9-10,12H,1,5-8,11H2,2-3H3,(H,19,22). The molecule has 134 valence electrons. The normalized spacial score (nSPS) is 10.3. The van der Waals surface area contributed by atoms with Crippen molar-refractivity contribution in [2.24, 2.45) is 0 Å². The molecule has 7 nitrogen and oxygen atoms in total. The number of carbonyl (C=O) groups excluding carboxylic acids is 1. The molecule has 0 saturated heterocycles. The van der Waals surface area contributed by atoms with Gasteiger partial charge in [0.1, 0.15) is 0 Å². The Kier molecular flexibility index (Phi) is 7.00. The summed E-state index contributed by atoms with van der Waals surface area (Å²) in [7, 11) is 1.58. The van der Waals surface area contributed by atoms with E-state index < -0.39 is 0 Å². The third kappa shape index (κ3) is 5.34. The first-order valence-corrected chi connectivity index (χ1v) is 8.19. The maximum absolute atomic E-state index is 11.5. The van der Waals surface area contributed by atoms with E-state index in [4.69, 9.17) is 14.0 Å². The molecule has 0 bridgehead atoms. The maximum atomic E-state index is 11.5. The average molecular weight is 345 g/mol. The van der Waals surface area contributed by atoms with Crippen LogP contribution in [0.25, 0.3) is 11.4 Å². The summed E-state index contributed by atoms with van der Waals surface area (Å²) in [5, 5.41) is 6.72. The molecule has 0 unspecified atom stereocenters. The average Bonchev–Trinajstić information content (AvgIpc) is 3.09. The lowest BCUT2D eigenvalue weighted by Gasteiger charge is -2.09. The van der Waals surface area contributed by atoms with Crippen molar-refractivity contribution >= 4 is 5.91 Å². The number of nitrogens with zero attached hydrogens (tertiary/aromatic N) is 2. The van der Waals surface area contributed by atoms with Gasteiger partial charge in [0.05, 0.1) is 13.7 Å². The van der Waals surface area contributed by atoms with Gasteiger partial charge in [0.25, 0.3) is 0 Å². The molecule has 25 heavy (non-hydrogen) atoms. The fourth-order valence-corrected chi connectivity index (χ4v) is 2.23. The number of nitrogens with one attached hydrogen (secondary N) is 1. The highest BCUT2D eigenvalue weighted by Gasteiger charge is 2.12. The lowest BCUT2D eigenvalue weighted by Crippen LogP contribution is -2.22. The number of methoxy groups -OCH3 is 1. The van der Waals surface area contributed by atoms with E-state index in [0.29, 0.717) is 55.6 Å². The number of ether oxygens (including phenoxy) is 2.